The van der Waals surface area contributed by atoms with Crippen LogP contribution in [0.1, 0.15) is 22.0 Å². The van der Waals surface area contributed by atoms with E-state index < -0.39 is 6.04 Å². The van der Waals surface area contributed by atoms with Crippen LogP contribution in [0.2, 0.25) is 0 Å². The molecule has 2 amide bonds. The Morgan fingerprint density at radius 1 is 1.08 bits per heavy atom. The fourth-order valence-corrected chi connectivity index (χ4v) is 3.20. The molecule has 5 heteroatoms. The number of aromatic nitrogens is 1. The lowest BCUT2D eigenvalue weighted by atomic mass is 10.0. The highest BCUT2D eigenvalue weighted by Crippen LogP contribution is 2.26. The summed E-state index contributed by atoms with van der Waals surface area (Å²) >= 11 is 0. The van der Waals surface area contributed by atoms with E-state index in [1.54, 1.807) is 11.0 Å². The number of H-pyrrole nitrogens is 1. The summed E-state index contributed by atoms with van der Waals surface area (Å²) in [6, 6.07) is 16.3. The molecule has 0 spiro atoms. The minimum Gasteiger partial charge on any atom is -0.361 e. The summed E-state index contributed by atoms with van der Waals surface area (Å²) in [6.07, 6.45) is 1.85. The maximum absolute atomic E-state index is 13.0. The molecule has 1 saturated heterocycles. The Balaban J connectivity index is 1.71. The van der Waals surface area contributed by atoms with Crippen LogP contribution in [0.5, 0.6) is 0 Å². The number of benzene rings is 2. The molecule has 1 fully saturated rings. The zero-order valence-corrected chi connectivity index (χ0v) is 13.0. The summed E-state index contributed by atoms with van der Waals surface area (Å²) < 4.78 is 0. The largest absolute Gasteiger partial charge is 0.361 e. The number of nitrogens with zero attached hydrogens (tertiary/aromatic N) is 1. The fourth-order valence-electron chi connectivity index (χ4n) is 3.20. The molecule has 2 heterocycles. The maximum Gasteiger partial charge on any atom is 0.254 e. The second kappa shape index (κ2) is 5.85. The Morgan fingerprint density at radius 3 is 2.75 bits per heavy atom. The quantitative estimate of drug-likeness (QED) is 0.762. The highest BCUT2D eigenvalue weighted by Gasteiger charge is 2.34. The van der Waals surface area contributed by atoms with E-state index in [-0.39, 0.29) is 11.8 Å². The summed E-state index contributed by atoms with van der Waals surface area (Å²) in [7, 11) is 0. The van der Waals surface area contributed by atoms with Crippen LogP contribution in [0.15, 0.2) is 60.8 Å². The Kier molecular flexibility index (Phi) is 3.54. The van der Waals surface area contributed by atoms with Gasteiger partial charge in [-0.05, 0) is 29.8 Å². The molecule has 0 aliphatic carbocycles. The van der Waals surface area contributed by atoms with Crippen molar-refractivity contribution >= 4 is 22.7 Å². The van der Waals surface area contributed by atoms with E-state index in [0.29, 0.717) is 18.7 Å². The highest BCUT2D eigenvalue weighted by atomic mass is 16.2. The zero-order valence-electron chi connectivity index (χ0n) is 13.0. The number of carbonyl (C=O) groups is 2. The van der Waals surface area contributed by atoms with Crippen LogP contribution in [0.25, 0.3) is 10.9 Å². The minimum atomic E-state index is -0.589. The molecular formula is C19H17N3O2. The number of amides is 2. The zero-order chi connectivity index (χ0) is 16.5. The van der Waals surface area contributed by atoms with Crippen LogP contribution in [0, 0.1) is 0 Å². The van der Waals surface area contributed by atoms with Crippen molar-refractivity contribution in [3.8, 4) is 0 Å². The van der Waals surface area contributed by atoms with Crippen LogP contribution in [0.4, 0.5) is 0 Å². The number of hydrogen-bond acceptors (Lipinski definition) is 2. The number of aromatic amines is 1. The summed E-state index contributed by atoms with van der Waals surface area (Å²) in [5.41, 5.74) is 2.41. The third kappa shape index (κ3) is 2.44. The number of hydrogen-bond donors (Lipinski definition) is 2. The van der Waals surface area contributed by atoms with Crippen molar-refractivity contribution in [3.05, 3.63) is 71.9 Å². The SMILES string of the molecule is O=C1NCCN(C(=O)c2ccc3[nH]ccc3c2)C1c1ccccc1. The molecule has 0 saturated carbocycles. The van der Waals surface area contributed by atoms with Crippen LogP contribution in [-0.2, 0) is 4.79 Å². The van der Waals surface area contributed by atoms with Crippen molar-refractivity contribution in [2.45, 2.75) is 6.04 Å². The molecule has 3 aromatic rings. The van der Waals surface area contributed by atoms with E-state index in [2.05, 4.69) is 10.3 Å². The fraction of sp³-hybridized carbons (Fsp3) is 0.158. The van der Waals surface area contributed by atoms with Gasteiger partial charge in [-0.3, -0.25) is 9.59 Å². The molecule has 2 aromatic carbocycles. The number of nitrogens with one attached hydrogen (secondary N) is 2. The summed E-state index contributed by atoms with van der Waals surface area (Å²) in [5.74, 6) is -0.259. The molecule has 1 aliphatic rings. The van der Waals surface area contributed by atoms with Gasteiger partial charge in [-0.15, -0.1) is 0 Å². The van der Waals surface area contributed by atoms with Gasteiger partial charge in [0.15, 0.2) is 0 Å². The van der Waals surface area contributed by atoms with Gasteiger partial charge < -0.3 is 15.2 Å². The number of piperazine rings is 1. The smallest absolute Gasteiger partial charge is 0.254 e. The van der Waals surface area contributed by atoms with Crippen LogP contribution in [-0.4, -0.2) is 34.8 Å². The van der Waals surface area contributed by atoms with E-state index in [0.717, 1.165) is 16.5 Å². The lowest BCUT2D eigenvalue weighted by Crippen LogP contribution is -2.52. The molecule has 5 nitrogen and oxygen atoms in total. The molecule has 0 bridgehead atoms. The van der Waals surface area contributed by atoms with Crippen LogP contribution >= 0.6 is 0 Å². The molecule has 1 aromatic heterocycles. The molecule has 1 unspecified atom stereocenters. The first-order valence-corrected chi connectivity index (χ1v) is 7.95. The second-order valence-corrected chi connectivity index (χ2v) is 5.88. The molecular weight excluding hydrogens is 302 g/mol. The monoisotopic (exact) mass is 319 g/mol. The van der Waals surface area contributed by atoms with Gasteiger partial charge in [-0.1, -0.05) is 30.3 Å². The highest BCUT2D eigenvalue weighted by molar-refractivity contribution is 6.01. The van der Waals surface area contributed by atoms with Crippen molar-refractivity contribution in [3.63, 3.8) is 0 Å². The first kappa shape index (κ1) is 14.5. The standard InChI is InChI=1S/C19H17N3O2/c23-18-17(13-4-2-1-3-5-13)22(11-10-21-18)19(24)15-6-7-16-14(12-15)8-9-20-16/h1-9,12,17,20H,10-11H2,(H,21,23). The average Bonchev–Trinajstić information content (AvgIpc) is 3.09. The average molecular weight is 319 g/mol. The lowest BCUT2D eigenvalue weighted by Gasteiger charge is -2.35. The number of rotatable bonds is 2. The number of carbonyl (C=O) groups excluding carboxylic acids is 2. The van der Waals surface area contributed by atoms with Crippen molar-refractivity contribution in [2.75, 3.05) is 13.1 Å². The van der Waals surface area contributed by atoms with Gasteiger partial charge in [-0.25, -0.2) is 0 Å². The van der Waals surface area contributed by atoms with E-state index >= 15 is 0 Å². The molecule has 4 rings (SSSR count). The first-order valence-electron chi connectivity index (χ1n) is 7.95. The van der Waals surface area contributed by atoms with Gasteiger partial charge in [0.25, 0.3) is 5.91 Å². The van der Waals surface area contributed by atoms with E-state index in [1.807, 2.05) is 54.7 Å². The minimum absolute atomic E-state index is 0.123. The van der Waals surface area contributed by atoms with Gasteiger partial charge in [0.05, 0.1) is 0 Å². The van der Waals surface area contributed by atoms with Crippen molar-refractivity contribution in [1.29, 1.82) is 0 Å². The van der Waals surface area contributed by atoms with Gasteiger partial charge in [0.1, 0.15) is 6.04 Å². The van der Waals surface area contributed by atoms with Crippen LogP contribution < -0.4 is 5.32 Å². The van der Waals surface area contributed by atoms with Gasteiger partial charge in [0, 0.05) is 35.8 Å². The van der Waals surface area contributed by atoms with Gasteiger partial charge in [0.2, 0.25) is 5.91 Å². The van der Waals surface area contributed by atoms with Gasteiger partial charge >= 0.3 is 0 Å². The molecule has 24 heavy (non-hydrogen) atoms. The van der Waals surface area contributed by atoms with E-state index in [1.165, 1.54) is 0 Å². The molecule has 0 radical (unpaired) electrons. The molecule has 120 valence electrons. The Hall–Kier alpha value is -3.08. The third-order valence-corrected chi connectivity index (χ3v) is 4.39. The summed E-state index contributed by atoms with van der Waals surface area (Å²) in [5, 5.41) is 3.84. The summed E-state index contributed by atoms with van der Waals surface area (Å²) in [4.78, 5) is 30.2. The third-order valence-electron chi connectivity index (χ3n) is 4.39. The lowest BCUT2D eigenvalue weighted by molar-refractivity contribution is -0.128. The normalized spacial score (nSPS) is 17.8. The Bertz CT molecular complexity index is 901. The Labute approximate surface area is 139 Å². The topological polar surface area (TPSA) is 65.2 Å². The van der Waals surface area contributed by atoms with Crippen LogP contribution in [0.3, 0.4) is 0 Å². The van der Waals surface area contributed by atoms with Crippen molar-refractivity contribution < 1.29 is 9.59 Å². The molecule has 1 atom stereocenters. The maximum atomic E-state index is 13.0. The number of fused-ring (bicyclic) bond motifs is 1. The van der Waals surface area contributed by atoms with E-state index in [4.69, 9.17) is 0 Å². The predicted molar refractivity (Wildman–Crippen MR) is 91.5 cm³/mol. The molecule has 2 N–H and O–H groups in total. The van der Waals surface area contributed by atoms with Crippen molar-refractivity contribution in [2.24, 2.45) is 0 Å². The van der Waals surface area contributed by atoms with E-state index in [9.17, 15) is 9.59 Å². The summed E-state index contributed by atoms with van der Waals surface area (Å²) in [6.45, 7) is 0.968. The van der Waals surface area contributed by atoms with Crippen molar-refractivity contribution in [1.82, 2.24) is 15.2 Å². The predicted octanol–water partition coefficient (Wildman–Crippen LogP) is 2.48. The molecule has 1 aliphatic heterocycles. The Morgan fingerprint density at radius 2 is 1.92 bits per heavy atom. The second-order valence-electron chi connectivity index (χ2n) is 5.88. The first-order chi connectivity index (χ1) is 11.7. The van der Waals surface area contributed by atoms with Gasteiger partial charge in [-0.2, -0.15) is 0 Å².